The molecule has 0 aliphatic heterocycles. The number of tetrazole rings is 1. The number of hydrogen-bond acceptors (Lipinski definition) is 5. The number of benzene rings is 2. The van der Waals surface area contributed by atoms with E-state index in [0.29, 0.717) is 26.6 Å². The number of anilines is 1. The highest BCUT2D eigenvalue weighted by atomic mass is 35.5. The molecule has 128 valence electrons. The number of amides is 1. The van der Waals surface area contributed by atoms with E-state index in [1.165, 1.54) is 16.8 Å². The fraction of sp³-hybridized carbons (Fsp3) is 0.0667. The number of aromatic nitrogens is 4. The average molecular weight is 398 g/mol. The van der Waals surface area contributed by atoms with Crippen molar-refractivity contribution in [3.63, 3.8) is 0 Å². The lowest BCUT2D eigenvalue weighted by molar-refractivity contribution is -0.113. The SMILES string of the molecule is O=C(CSc1nnnn1-c1ccc(F)cc1)Nc1ccc(Cl)cc1Cl. The van der Waals surface area contributed by atoms with Gasteiger partial charge in [0.1, 0.15) is 5.82 Å². The van der Waals surface area contributed by atoms with Gasteiger partial charge in [0.25, 0.3) is 0 Å². The number of carbonyl (C=O) groups excluding carboxylic acids is 1. The van der Waals surface area contributed by atoms with Crippen LogP contribution >= 0.6 is 35.0 Å². The summed E-state index contributed by atoms with van der Waals surface area (Å²) in [7, 11) is 0. The number of hydrogen-bond donors (Lipinski definition) is 1. The van der Waals surface area contributed by atoms with Gasteiger partial charge in [-0.3, -0.25) is 4.79 Å². The van der Waals surface area contributed by atoms with Crippen LogP contribution in [0.5, 0.6) is 0 Å². The van der Waals surface area contributed by atoms with Crippen molar-refractivity contribution in [1.82, 2.24) is 20.2 Å². The zero-order chi connectivity index (χ0) is 17.8. The lowest BCUT2D eigenvalue weighted by Crippen LogP contribution is -2.15. The molecule has 3 rings (SSSR count). The van der Waals surface area contributed by atoms with Crippen molar-refractivity contribution < 1.29 is 9.18 Å². The van der Waals surface area contributed by atoms with Crippen LogP contribution < -0.4 is 5.32 Å². The Hall–Kier alpha value is -2.16. The van der Waals surface area contributed by atoms with Crippen LogP contribution in [0, 0.1) is 5.82 Å². The first kappa shape index (κ1) is 17.7. The molecule has 0 aliphatic carbocycles. The van der Waals surface area contributed by atoms with E-state index < -0.39 is 0 Å². The Kier molecular flexibility index (Phi) is 5.52. The lowest BCUT2D eigenvalue weighted by Gasteiger charge is -2.07. The zero-order valence-corrected chi connectivity index (χ0v) is 14.8. The molecule has 3 aromatic rings. The molecular weight excluding hydrogens is 388 g/mol. The summed E-state index contributed by atoms with van der Waals surface area (Å²) in [6.45, 7) is 0. The van der Waals surface area contributed by atoms with E-state index in [-0.39, 0.29) is 17.5 Å². The minimum absolute atomic E-state index is 0.0700. The van der Waals surface area contributed by atoms with E-state index in [1.807, 2.05) is 0 Å². The number of halogens is 3. The summed E-state index contributed by atoms with van der Waals surface area (Å²) in [6.07, 6.45) is 0. The number of nitrogens with one attached hydrogen (secondary N) is 1. The van der Waals surface area contributed by atoms with Crippen molar-refractivity contribution in [2.45, 2.75) is 5.16 Å². The van der Waals surface area contributed by atoms with Crippen LogP contribution in [0.15, 0.2) is 47.6 Å². The van der Waals surface area contributed by atoms with Crippen LogP contribution in [0.1, 0.15) is 0 Å². The highest BCUT2D eigenvalue weighted by Gasteiger charge is 2.13. The topological polar surface area (TPSA) is 72.7 Å². The summed E-state index contributed by atoms with van der Waals surface area (Å²) >= 11 is 13.0. The number of carbonyl (C=O) groups is 1. The molecule has 0 unspecified atom stereocenters. The largest absolute Gasteiger partial charge is 0.324 e. The van der Waals surface area contributed by atoms with Gasteiger partial charge in [-0.1, -0.05) is 35.0 Å². The molecule has 0 spiro atoms. The number of thioether (sulfide) groups is 1. The van der Waals surface area contributed by atoms with Crippen molar-refractivity contribution in [2.24, 2.45) is 0 Å². The molecule has 0 saturated heterocycles. The molecule has 2 aromatic carbocycles. The fourth-order valence-electron chi connectivity index (χ4n) is 1.92. The molecule has 1 aromatic heterocycles. The van der Waals surface area contributed by atoms with E-state index in [4.69, 9.17) is 23.2 Å². The average Bonchev–Trinajstić information content (AvgIpc) is 3.05. The third-order valence-corrected chi connectivity index (χ3v) is 4.52. The van der Waals surface area contributed by atoms with Gasteiger partial charge < -0.3 is 5.32 Å². The van der Waals surface area contributed by atoms with Crippen LogP contribution in [-0.4, -0.2) is 31.9 Å². The molecular formula is C15H10Cl2FN5OS. The van der Waals surface area contributed by atoms with Crippen molar-refractivity contribution in [3.8, 4) is 5.69 Å². The summed E-state index contributed by atoms with van der Waals surface area (Å²) in [5.41, 5.74) is 1.06. The molecule has 0 aliphatic rings. The highest BCUT2D eigenvalue weighted by molar-refractivity contribution is 7.99. The van der Waals surface area contributed by atoms with Crippen LogP contribution in [0.25, 0.3) is 5.69 Å². The van der Waals surface area contributed by atoms with Crippen LogP contribution in [0.4, 0.5) is 10.1 Å². The van der Waals surface area contributed by atoms with Gasteiger partial charge in [0.15, 0.2) is 0 Å². The Labute approximate surface area is 156 Å². The molecule has 1 amide bonds. The molecule has 10 heteroatoms. The second kappa shape index (κ2) is 7.81. The summed E-state index contributed by atoms with van der Waals surface area (Å²) in [5, 5.41) is 15.2. The maximum absolute atomic E-state index is 13.0. The normalized spacial score (nSPS) is 10.7. The van der Waals surface area contributed by atoms with E-state index in [2.05, 4.69) is 20.8 Å². The first-order valence-corrected chi connectivity index (χ1v) is 8.69. The summed E-state index contributed by atoms with van der Waals surface area (Å²) < 4.78 is 14.4. The molecule has 0 bridgehead atoms. The van der Waals surface area contributed by atoms with Crippen molar-refractivity contribution in [3.05, 3.63) is 58.3 Å². The molecule has 25 heavy (non-hydrogen) atoms. The molecule has 1 N–H and O–H groups in total. The quantitative estimate of drug-likeness (QED) is 0.662. The smallest absolute Gasteiger partial charge is 0.234 e. The van der Waals surface area contributed by atoms with Crippen LogP contribution in [0.3, 0.4) is 0 Å². The van der Waals surface area contributed by atoms with Gasteiger partial charge in [-0.2, -0.15) is 4.68 Å². The first-order chi connectivity index (χ1) is 12.0. The summed E-state index contributed by atoms with van der Waals surface area (Å²) in [5.74, 6) is -0.561. The van der Waals surface area contributed by atoms with E-state index >= 15 is 0 Å². The number of nitrogens with zero attached hydrogens (tertiary/aromatic N) is 4. The zero-order valence-electron chi connectivity index (χ0n) is 12.5. The van der Waals surface area contributed by atoms with E-state index in [9.17, 15) is 9.18 Å². The second-order valence-corrected chi connectivity index (χ2v) is 6.60. The third kappa shape index (κ3) is 4.47. The standard InChI is InChI=1S/C15H10Cl2FN5OS/c16-9-1-6-13(12(17)7-9)19-14(24)8-25-15-20-21-22-23(15)11-4-2-10(18)3-5-11/h1-7H,8H2,(H,19,24). The molecule has 0 radical (unpaired) electrons. The predicted molar refractivity (Wildman–Crippen MR) is 94.9 cm³/mol. The van der Waals surface area contributed by atoms with Crippen molar-refractivity contribution in [2.75, 3.05) is 11.1 Å². The summed E-state index contributed by atoms with van der Waals surface area (Å²) in [6, 6.07) is 10.5. The summed E-state index contributed by atoms with van der Waals surface area (Å²) in [4.78, 5) is 12.1. The Morgan fingerprint density at radius 2 is 1.96 bits per heavy atom. The molecule has 0 saturated carbocycles. The molecule has 0 fully saturated rings. The Morgan fingerprint density at radius 3 is 2.68 bits per heavy atom. The highest BCUT2D eigenvalue weighted by Crippen LogP contribution is 2.26. The first-order valence-electron chi connectivity index (χ1n) is 6.95. The minimum Gasteiger partial charge on any atom is -0.324 e. The molecule has 1 heterocycles. The Balaban J connectivity index is 1.65. The van der Waals surface area contributed by atoms with Crippen LogP contribution in [-0.2, 0) is 4.79 Å². The van der Waals surface area contributed by atoms with Gasteiger partial charge in [-0.05, 0) is 52.9 Å². The Bertz CT molecular complexity index is 903. The van der Waals surface area contributed by atoms with E-state index in [1.54, 1.807) is 30.3 Å². The van der Waals surface area contributed by atoms with Crippen molar-refractivity contribution in [1.29, 1.82) is 0 Å². The van der Waals surface area contributed by atoms with E-state index in [0.717, 1.165) is 11.8 Å². The lowest BCUT2D eigenvalue weighted by atomic mass is 10.3. The molecule has 6 nitrogen and oxygen atoms in total. The Morgan fingerprint density at radius 1 is 1.20 bits per heavy atom. The van der Waals surface area contributed by atoms with Gasteiger partial charge in [0, 0.05) is 5.02 Å². The number of rotatable bonds is 5. The third-order valence-electron chi connectivity index (χ3n) is 3.05. The van der Waals surface area contributed by atoms with Gasteiger partial charge >= 0.3 is 0 Å². The van der Waals surface area contributed by atoms with Gasteiger partial charge in [0.05, 0.1) is 22.2 Å². The monoisotopic (exact) mass is 397 g/mol. The van der Waals surface area contributed by atoms with Gasteiger partial charge in [0.2, 0.25) is 11.1 Å². The molecule has 0 atom stereocenters. The fourth-order valence-corrected chi connectivity index (χ4v) is 3.07. The van der Waals surface area contributed by atoms with Crippen LogP contribution in [0.2, 0.25) is 10.0 Å². The van der Waals surface area contributed by atoms with Gasteiger partial charge in [-0.25, -0.2) is 4.39 Å². The van der Waals surface area contributed by atoms with Crippen molar-refractivity contribution >= 4 is 46.6 Å². The minimum atomic E-state index is -0.356. The predicted octanol–water partition coefficient (Wildman–Crippen LogP) is 3.84. The maximum atomic E-state index is 13.0. The maximum Gasteiger partial charge on any atom is 0.234 e. The second-order valence-electron chi connectivity index (χ2n) is 4.81. The van der Waals surface area contributed by atoms with Gasteiger partial charge in [-0.15, -0.1) is 5.10 Å².